The van der Waals surface area contributed by atoms with Crippen molar-refractivity contribution < 1.29 is 9.53 Å². The highest BCUT2D eigenvalue weighted by molar-refractivity contribution is 5.84. The van der Waals surface area contributed by atoms with Gasteiger partial charge in [0.1, 0.15) is 6.10 Å². The number of hydrogen-bond acceptors (Lipinski definition) is 2. The Morgan fingerprint density at radius 2 is 2.07 bits per heavy atom. The first kappa shape index (κ1) is 11.7. The van der Waals surface area contributed by atoms with Gasteiger partial charge in [0.05, 0.1) is 6.10 Å². The van der Waals surface area contributed by atoms with Gasteiger partial charge in [-0.25, -0.2) is 0 Å². The summed E-state index contributed by atoms with van der Waals surface area (Å²) in [6, 6.07) is 0. The fourth-order valence-corrected chi connectivity index (χ4v) is 1.65. The van der Waals surface area contributed by atoms with Crippen molar-refractivity contribution >= 4 is 5.78 Å². The van der Waals surface area contributed by atoms with Crippen molar-refractivity contribution in [3.63, 3.8) is 0 Å². The molecule has 0 aromatic carbocycles. The summed E-state index contributed by atoms with van der Waals surface area (Å²) in [4.78, 5) is 11.8. The van der Waals surface area contributed by atoms with Crippen molar-refractivity contribution in [3.8, 4) is 0 Å². The molecule has 0 radical (unpaired) electrons. The molecule has 1 rings (SSSR count). The van der Waals surface area contributed by atoms with Crippen molar-refractivity contribution in [3.05, 3.63) is 0 Å². The molecule has 0 bridgehead atoms. The van der Waals surface area contributed by atoms with E-state index in [4.69, 9.17) is 4.74 Å². The zero-order chi connectivity index (χ0) is 10.6. The molecule has 0 unspecified atom stereocenters. The van der Waals surface area contributed by atoms with Gasteiger partial charge in [-0.1, -0.05) is 27.2 Å². The van der Waals surface area contributed by atoms with Crippen molar-refractivity contribution in [2.75, 3.05) is 0 Å². The Balaban J connectivity index is 2.40. The van der Waals surface area contributed by atoms with Gasteiger partial charge in [-0.05, 0) is 25.7 Å². The second-order valence-electron chi connectivity index (χ2n) is 4.52. The van der Waals surface area contributed by atoms with Crippen LogP contribution in [-0.2, 0) is 9.53 Å². The zero-order valence-electron chi connectivity index (χ0n) is 9.58. The number of Topliss-reactive ketones (excluding diaryl/α,β-unsaturated/α-hetero) is 1. The van der Waals surface area contributed by atoms with E-state index in [1.165, 1.54) is 6.42 Å². The first-order chi connectivity index (χ1) is 6.65. The lowest BCUT2D eigenvalue weighted by Crippen LogP contribution is -2.35. The molecule has 0 N–H and O–H groups in total. The highest BCUT2D eigenvalue weighted by Gasteiger charge is 2.27. The summed E-state index contributed by atoms with van der Waals surface area (Å²) in [5.41, 5.74) is 0. The summed E-state index contributed by atoms with van der Waals surface area (Å²) >= 11 is 0. The molecule has 0 amide bonds. The van der Waals surface area contributed by atoms with E-state index >= 15 is 0 Å². The predicted octanol–water partition coefficient (Wildman–Crippen LogP) is 2.95. The molecule has 1 fully saturated rings. The van der Waals surface area contributed by atoms with Crippen LogP contribution in [0.4, 0.5) is 0 Å². The van der Waals surface area contributed by atoms with Crippen LogP contribution in [0.3, 0.4) is 0 Å². The average molecular weight is 198 g/mol. The van der Waals surface area contributed by atoms with E-state index in [9.17, 15) is 4.79 Å². The molecule has 1 atom stereocenters. The average Bonchev–Trinajstić information content (AvgIpc) is 2.07. The minimum atomic E-state index is -0.134. The molecule has 1 aliphatic carbocycles. The monoisotopic (exact) mass is 198 g/mol. The lowest BCUT2D eigenvalue weighted by Gasteiger charge is -2.30. The van der Waals surface area contributed by atoms with E-state index < -0.39 is 0 Å². The van der Waals surface area contributed by atoms with Gasteiger partial charge in [-0.2, -0.15) is 0 Å². The van der Waals surface area contributed by atoms with Crippen LogP contribution in [0.5, 0.6) is 0 Å². The Kier molecular flexibility index (Phi) is 4.59. The van der Waals surface area contributed by atoms with E-state index in [1.807, 2.05) is 13.8 Å². The number of carbonyl (C=O) groups excluding carboxylic acids is 1. The third-order valence-corrected chi connectivity index (χ3v) is 2.85. The van der Waals surface area contributed by atoms with Crippen LogP contribution < -0.4 is 0 Å². The predicted molar refractivity (Wildman–Crippen MR) is 57.3 cm³/mol. The fourth-order valence-electron chi connectivity index (χ4n) is 1.65. The lowest BCUT2D eigenvalue weighted by atomic mass is 9.94. The number of hydrogen-bond donors (Lipinski definition) is 0. The van der Waals surface area contributed by atoms with Gasteiger partial charge in [0.2, 0.25) is 0 Å². The normalized spacial score (nSPS) is 19.4. The Hall–Kier alpha value is -0.370. The van der Waals surface area contributed by atoms with Gasteiger partial charge in [0, 0.05) is 5.92 Å². The van der Waals surface area contributed by atoms with Crippen molar-refractivity contribution in [1.29, 1.82) is 0 Å². The summed E-state index contributed by atoms with van der Waals surface area (Å²) in [6.45, 7) is 6.01. The summed E-state index contributed by atoms with van der Waals surface area (Å²) < 4.78 is 5.80. The Morgan fingerprint density at radius 1 is 1.43 bits per heavy atom. The lowest BCUT2D eigenvalue weighted by molar-refractivity contribution is -0.141. The maximum atomic E-state index is 11.8. The Morgan fingerprint density at radius 3 is 2.43 bits per heavy atom. The largest absolute Gasteiger partial charge is 0.367 e. The third-order valence-electron chi connectivity index (χ3n) is 2.85. The summed E-state index contributed by atoms with van der Waals surface area (Å²) in [5.74, 6) is 0.380. The highest BCUT2D eigenvalue weighted by atomic mass is 16.5. The number of ketones is 1. The molecule has 0 spiro atoms. The quantitative estimate of drug-likeness (QED) is 0.656. The molecule has 1 saturated carbocycles. The second kappa shape index (κ2) is 5.50. The van der Waals surface area contributed by atoms with Gasteiger partial charge < -0.3 is 4.74 Å². The van der Waals surface area contributed by atoms with E-state index in [2.05, 4.69) is 6.92 Å². The summed E-state index contributed by atoms with van der Waals surface area (Å²) in [6.07, 6.45) is 5.69. The van der Waals surface area contributed by atoms with Gasteiger partial charge >= 0.3 is 0 Å². The van der Waals surface area contributed by atoms with Crippen LogP contribution in [-0.4, -0.2) is 18.0 Å². The van der Waals surface area contributed by atoms with E-state index in [0.717, 1.165) is 25.7 Å². The maximum absolute atomic E-state index is 11.8. The number of ether oxygens (including phenoxy) is 1. The van der Waals surface area contributed by atoms with Gasteiger partial charge in [-0.15, -0.1) is 0 Å². The van der Waals surface area contributed by atoms with Gasteiger partial charge in [0.25, 0.3) is 0 Å². The molecule has 0 aromatic heterocycles. The van der Waals surface area contributed by atoms with Crippen LogP contribution in [0.2, 0.25) is 0 Å². The van der Waals surface area contributed by atoms with Crippen LogP contribution in [0.25, 0.3) is 0 Å². The maximum Gasteiger partial charge on any atom is 0.164 e. The minimum absolute atomic E-state index is 0.103. The molecule has 82 valence electrons. The van der Waals surface area contributed by atoms with Crippen LogP contribution in [0, 0.1) is 5.92 Å². The molecule has 0 aliphatic heterocycles. The van der Waals surface area contributed by atoms with Crippen molar-refractivity contribution in [2.24, 2.45) is 5.92 Å². The molecule has 14 heavy (non-hydrogen) atoms. The second-order valence-corrected chi connectivity index (χ2v) is 4.52. The topological polar surface area (TPSA) is 26.3 Å². The van der Waals surface area contributed by atoms with E-state index in [-0.39, 0.29) is 17.8 Å². The molecule has 0 aromatic rings. The molecule has 2 nitrogen and oxygen atoms in total. The smallest absolute Gasteiger partial charge is 0.164 e. The summed E-state index contributed by atoms with van der Waals surface area (Å²) in [5, 5.41) is 0. The number of rotatable bonds is 6. The minimum Gasteiger partial charge on any atom is -0.367 e. The molecule has 0 saturated heterocycles. The van der Waals surface area contributed by atoms with Crippen LogP contribution in [0.15, 0.2) is 0 Å². The highest BCUT2D eigenvalue weighted by Crippen LogP contribution is 2.25. The van der Waals surface area contributed by atoms with Crippen LogP contribution >= 0.6 is 0 Å². The summed E-state index contributed by atoms with van der Waals surface area (Å²) in [7, 11) is 0. The Labute approximate surface area is 87.0 Å². The fraction of sp³-hybridized carbons (Fsp3) is 0.917. The van der Waals surface area contributed by atoms with Gasteiger partial charge in [0.15, 0.2) is 5.78 Å². The van der Waals surface area contributed by atoms with E-state index in [0.29, 0.717) is 6.10 Å². The van der Waals surface area contributed by atoms with Crippen LogP contribution in [0.1, 0.15) is 52.9 Å². The zero-order valence-corrected chi connectivity index (χ0v) is 9.58. The molecule has 1 aliphatic rings. The standard InChI is InChI=1S/C12H22O2/c1-4-6-11(12(13)9(2)3)14-10-7-5-8-10/h9-11H,4-8H2,1-3H3/t11-/m1/s1. The van der Waals surface area contributed by atoms with Crippen molar-refractivity contribution in [2.45, 2.75) is 65.1 Å². The molecule has 2 heteroatoms. The van der Waals surface area contributed by atoms with Crippen molar-refractivity contribution in [1.82, 2.24) is 0 Å². The molecular weight excluding hydrogens is 176 g/mol. The SMILES string of the molecule is CCC[C@@H](OC1CCC1)C(=O)C(C)C. The van der Waals surface area contributed by atoms with Gasteiger partial charge in [-0.3, -0.25) is 4.79 Å². The Bertz CT molecular complexity index is 183. The third kappa shape index (κ3) is 3.09. The molecule has 0 heterocycles. The number of carbonyl (C=O) groups is 1. The first-order valence-corrected chi connectivity index (χ1v) is 5.84. The van der Waals surface area contributed by atoms with E-state index in [1.54, 1.807) is 0 Å². The molecular formula is C12H22O2. The first-order valence-electron chi connectivity index (χ1n) is 5.84.